The highest BCUT2D eigenvalue weighted by atomic mass is 35.5. The molecule has 2 aliphatic rings. The van der Waals surface area contributed by atoms with Gasteiger partial charge in [-0.05, 0) is 56.2 Å². The predicted octanol–water partition coefficient (Wildman–Crippen LogP) is 5.27. The zero-order valence-corrected chi connectivity index (χ0v) is 22.5. The number of carbonyl (C=O) groups is 1. The highest BCUT2D eigenvalue weighted by molar-refractivity contribution is 6.42. The Hall–Kier alpha value is -3.29. The number of morpholine rings is 1. The number of aromatic nitrogens is 2. The zero-order chi connectivity index (χ0) is 26.6. The Morgan fingerprint density at radius 1 is 1.11 bits per heavy atom. The van der Waals surface area contributed by atoms with Crippen LogP contribution in [0.5, 0.6) is 5.75 Å². The van der Waals surface area contributed by atoms with Crippen LogP contribution in [-0.4, -0.2) is 66.2 Å². The molecule has 3 aromatic rings. The van der Waals surface area contributed by atoms with E-state index in [0.29, 0.717) is 44.5 Å². The van der Waals surface area contributed by atoms with E-state index in [0.717, 1.165) is 57.9 Å². The molecule has 1 aromatic heterocycles. The standard InChI is InChI=1S/C27H28Cl2N6O3/c1-18-26(17-31-35(18)22-3-4-23(28)24(29)15-22)38-27(36)32-20-2-5-25(19(14-20)16-30)34-8-6-21(7-9-34)33-10-12-37-13-11-33/h2-5,14-15,17,21H,6-13H2,1H3,(H,32,36). The number of hydrogen-bond acceptors (Lipinski definition) is 7. The smallest absolute Gasteiger partial charge is 0.406 e. The Labute approximate surface area is 231 Å². The van der Waals surface area contributed by atoms with Crippen LogP contribution in [0.1, 0.15) is 24.1 Å². The molecule has 2 fully saturated rings. The molecule has 0 atom stereocenters. The fraction of sp³-hybridized carbons (Fsp3) is 0.370. The Balaban J connectivity index is 1.21. The Morgan fingerprint density at radius 2 is 1.87 bits per heavy atom. The fourth-order valence-corrected chi connectivity index (χ4v) is 5.30. The number of nitrogens with zero attached hydrogens (tertiary/aromatic N) is 5. The number of nitriles is 1. The number of hydrogen-bond donors (Lipinski definition) is 1. The van der Waals surface area contributed by atoms with E-state index in [1.165, 1.54) is 6.20 Å². The van der Waals surface area contributed by atoms with E-state index in [2.05, 4.69) is 26.3 Å². The van der Waals surface area contributed by atoms with Gasteiger partial charge in [0.25, 0.3) is 0 Å². The van der Waals surface area contributed by atoms with Gasteiger partial charge >= 0.3 is 6.09 Å². The van der Waals surface area contributed by atoms with Crippen molar-refractivity contribution in [2.75, 3.05) is 49.6 Å². The van der Waals surface area contributed by atoms with Crippen LogP contribution in [0.3, 0.4) is 0 Å². The van der Waals surface area contributed by atoms with Gasteiger partial charge < -0.3 is 14.4 Å². The molecule has 198 valence electrons. The minimum atomic E-state index is -0.676. The predicted molar refractivity (Wildman–Crippen MR) is 147 cm³/mol. The van der Waals surface area contributed by atoms with Crippen LogP contribution in [0.4, 0.5) is 16.2 Å². The number of piperidine rings is 1. The molecule has 0 bridgehead atoms. The number of rotatable bonds is 5. The van der Waals surface area contributed by atoms with Gasteiger partial charge in [0.2, 0.25) is 0 Å². The first-order chi connectivity index (χ1) is 18.4. The second-order valence-corrected chi connectivity index (χ2v) is 10.1. The first-order valence-corrected chi connectivity index (χ1v) is 13.3. The molecule has 0 saturated carbocycles. The van der Waals surface area contributed by atoms with Gasteiger partial charge in [0.05, 0.1) is 52.1 Å². The first-order valence-electron chi connectivity index (χ1n) is 12.5. The molecule has 2 aromatic carbocycles. The van der Waals surface area contributed by atoms with Crippen molar-refractivity contribution in [2.24, 2.45) is 0 Å². The van der Waals surface area contributed by atoms with Gasteiger partial charge in [-0.15, -0.1) is 0 Å². The Kier molecular flexibility index (Phi) is 8.05. The Morgan fingerprint density at radius 3 is 2.58 bits per heavy atom. The van der Waals surface area contributed by atoms with Crippen molar-refractivity contribution < 1.29 is 14.3 Å². The van der Waals surface area contributed by atoms with Crippen molar-refractivity contribution in [3.8, 4) is 17.5 Å². The van der Waals surface area contributed by atoms with Crippen molar-refractivity contribution in [1.29, 1.82) is 5.26 Å². The average Bonchev–Trinajstić information content (AvgIpc) is 3.30. The lowest BCUT2D eigenvalue weighted by molar-refractivity contribution is 0.0115. The summed E-state index contributed by atoms with van der Waals surface area (Å²) in [4.78, 5) is 17.4. The van der Waals surface area contributed by atoms with Gasteiger partial charge in [0.1, 0.15) is 6.07 Å². The molecular weight excluding hydrogens is 527 g/mol. The first kappa shape index (κ1) is 26.3. The molecule has 38 heavy (non-hydrogen) atoms. The van der Waals surface area contributed by atoms with Crippen LogP contribution in [0, 0.1) is 18.3 Å². The number of benzene rings is 2. The summed E-state index contributed by atoms with van der Waals surface area (Å²) in [6, 6.07) is 13.3. The van der Waals surface area contributed by atoms with Gasteiger partial charge in [0.15, 0.2) is 5.75 Å². The number of halogens is 2. The second kappa shape index (κ2) is 11.6. The average molecular weight is 555 g/mol. The molecule has 2 saturated heterocycles. The normalized spacial score (nSPS) is 16.7. The largest absolute Gasteiger partial charge is 0.417 e. The van der Waals surface area contributed by atoms with Crippen LogP contribution in [0.15, 0.2) is 42.6 Å². The van der Waals surface area contributed by atoms with Crippen LogP contribution in [0.25, 0.3) is 5.69 Å². The molecule has 2 aliphatic heterocycles. The second-order valence-electron chi connectivity index (χ2n) is 9.33. The SMILES string of the molecule is Cc1c(OC(=O)Nc2ccc(N3CCC(N4CCOCC4)CC3)c(C#N)c2)cnn1-c1ccc(Cl)c(Cl)c1. The van der Waals surface area contributed by atoms with Crippen LogP contribution in [0.2, 0.25) is 10.0 Å². The third kappa shape index (κ3) is 5.74. The molecule has 3 heterocycles. The number of carbonyl (C=O) groups excluding carboxylic acids is 1. The minimum absolute atomic E-state index is 0.300. The van der Waals surface area contributed by atoms with E-state index in [1.54, 1.807) is 41.9 Å². The topological polar surface area (TPSA) is 95.7 Å². The summed E-state index contributed by atoms with van der Waals surface area (Å²) in [6.07, 6.45) is 2.88. The number of anilines is 2. The van der Waals surface area contributed by atoms with Gasteiger partial charge in [-0.3, -0.25) is 10.2 Å². The summed E-state index contributed by atoms with van der Waals surface area (Å²) in [6.45, 7) is 7.12. The van der Waals surface area contributed by atoms with E-state index in [1.807, 2.05) is 6.07 Å². The molecule has 1 amide bonds. The molecule has 11 heteroatoms. The van der Waals surface area contributed by atoms with Crippen LogP contribution in [-0.2, 0) is 4.74 Å². The number of amides is 1. The quantitative estimate of drug-likeness (QED) is 0.458. The van der Waals surface area contributed by atoms with E-state index < -0.39 is 6.09 Å². The fourth-order valence-electron chi connectivity index (χ4n) is 5.01. The molecule has 0 spiro atoms. The maximum absolute atomic E-state index is 12.6. The molecule has 9 nitrogen and oxygen atoms in total. The summed E-state index contributed by atoms with van der Waals surface area (Å²) in [5.41, 5.74) is 3.18. The monoisotopic (exact) mass is 554 g/mol. The van der Waals surface area contributed by atoms with Gasteiger partial charge in [0, 0.05) is 37.9 Å². The van der Waals surface area contributed by atoms with Crippen molar-refractivity contribution in [2.45, 2.75) is 25.8 Å². The maximum Gasteiger partial charge on any atom is 0.417 e. The van der Waals surface area contributed by atoms with Crippen LogP contribution >= 0.6 is 23.2 Å². The van der Waals surface area contributed by atoms with Crippen molar-refractivity contribution in [3.05, 3.63) is 63.9 Å². The molecule has 0 unspecified atom stereocenters. The summed E-state index contributed by atoms with van der Waals surface area (Å²) in [7, 11) is 0. The summed E-state index contributed by atoms with van der Waals surface area (Å²) in [5.74, 6) is 0.300. The van der Waals surface area contributed by atoms with Crippen molar-refractivity contribution in [1.82, 2.24) is 14.7 Å². The lowest BCUT2D eigenvalue weighted by Crippen LogP contribution is -2.49. The summed E-state index contributed by atoms with van der Waals surface area (Å²) < 4.78 is 12.6. The lowest BCUT2D eigenvalue weighted by Gasteiger charge is -2.41. The molecule has 0 aliphatic carbocycles. The number of ether oxygens (including phenoxy) is 2. The maximum atomic E-state index is 12.6. The summed E-state index contributed by atoms with van der Waals surface area (Å²) in [5, 5.41) is 17.7. The minimum Gasteiger partial charge on any atom is -0.406 e. The molecule has 5 rings (SSSR count). The van der Waals surface area contributed by atoms with E-state index in [-0.39, 0.29) is 0 Å². The molecule has 0 radical (unpaired) electrons. The van der Waals surface area contributed by atoms with Crippen molar-refractivity contribution in [3.63, 3.8) is 0 Å². The van der Waals surface area contributed by atoms with E-state index in [9.17, 15) is 10.1 Å². The highest BCUT2D eigenvalue weighted by Gasteiger charge is 2.27. The molecular formula is C27H28Cl2N6O3. The van der Waals surface area contributed by atoms with Gasteiger partial charge in [-0.2, -0.15) is 10.4 Å². The van der Waals surface area contributed by atoms with E-state index >= 15 is 0 Å². The third-order valence-corrected chi connectivity index (χ3v) is 7.78. The van der Waals surface area contributed by atoms with E-state index in [4.69, 9.17) is 32.7 Å². The van der Waals surface area contributed by atoms with Crippen molar-refractivity contribution >= 4 is 40.7 Å². The lowest BCUT2D eigenvalue weighted by atomic mass is 10.0. The summed E-state index contributed by atoms with van der Waals surface area (Å²) >= 11 is 12.1. The number of nitrogens with one attached hydrogen (secondary N) is 1. The highest BCUT2D eigenvalue weighted by Crippen LogP contribution is 2.29. The third-order valence-electron chi connectivity index (χ3n) is 7.05. The Bertz CT molecular complexity index is 1360. The van der Waals surface area contributed by atoms with Gasteiger partial charge in [-0.1, -0.05) is 23.2 Å². The van der Waals surface area contributed by atoms with Gasteiger partial charge in [-0.25, -0.2) is 9.48 Å². The van der Waals surface area contributed by atoms with Crippen LogP contribution < -0.4 is 15.0 Å². The zero-order valence-electron chi connectivity index (χ0n) is 21.0. The molecule has 1 N–H and O–H groups in total.